The molecule has 140 valence electrons. The lowest BCUT2D eigenvalue weighted by Gasteiger charge is -2.59. The van der Waals surface area contributed by atoms with Crippen LogP contribution in [0.2, 0.25) is 0 Å². The molecule has 0 atom stereocenters. The van der Waals surface area contributed by atoms with E-state index in [0.717, 1.165) is 74.9 Å². The van der Waals surface area contributed by atoms with Crippen LogP contribution in [0.3, 0.4) is 0 Å². The van der Waals surface area contributed by atoms with Crippen LogP contribution >= 0.6 is 0 Å². The number of rotatable bonds is 3. The van der Waals surface area contributed by atoms with Crippen molar-refractivity contribution in [1.29, 1.82) is 0 Å². The maximum Gasteiger partial charge on any atom is 0.274 e. The van der Waals surface area contributed by atoms with Crippen LogP contribution in [0.25, 0.3) is 0 Å². The fraction of sp³-hybridized carbons (Fsp3) is 0.700. The number of hydrogen-bond acceptors (Lipinski definition) is 5. The van der Waals surface area contributed by atoms with Crippen LogP contribution < -0.4 is 16.0 Å². The first kappa shape index (κ1) is 16.5. The van der Waals surface area contributed by atoms with Gasteiger partial charge in [0.1, 0.15) is 0 Å². The minimum Gasteiger partial charge on any atom is -0.369 e. The fourth-order valence-electron chi connectivity index (χ4n) is 6.55. The highest BCUT2D eigenvalue weighted by Crippen LogP contribution is 2.61. The number of nitrogens with zero attached hydrogens (tertiary/aromatic N) is 2. The molecule has 1 saturated heterocycles. The average Bonchev–Trinajstić information content (AvgIpc) is 2.65. The molecule has 4 saturated carbocycles. The highest BCUT2D eigenvalue weighted by Gasteiger charge is 2.57. The largest absolute Gasteiger partial charge is 0.369 e. The lowest BCUT2D eigenvalue weighted by Crippen LogP contribution is -2.60. The molecule has 1 aliphatic heterocycles. The summed E-state index contributed by atoms with van der Waals surface area (Å²) in [5, 5.41) is 15.2. The Balaban J connectivity index is 1.59. The lowest BCUT2D eigenvalue weighted by atomic mass is 9.47. The number of nitro groups is 1. The number of nitrogens with one attached hydrogen (secondary N) is 1. The van der Waals surface area contributed by atoms with Gasteiger partial charge in [-0.25, -0.2) is 0 Å². The van der Waals surface area contributed by atoms with E-state index in [0.29, 0.717) is 11.8 Å². The summed E-state index contributed by atoms with van der Waals surface area (Å²) in [5.74, 6) is 2.39. The zero-order valence-corrected chi connectivity index (χ0v) is 15.2. The molecule has 0 aromatic heterocycles. The van der Waals surface area contributed by atoms with Crippen LogP contribution in [0.4, 0.5) is 11.4 Å². The summed E-state index contributed by atoms with van der Waals surface area (Å²) in [6.45, 7) is 3.78. The summed E-state index contributed by atoms with van der Waals surface area (Å²) in [6.07, 6.45) is 5.96. The van der Waals surface area contributed by atoms with E-state index >= 15 is 0 Å². The number of piperazine rings is 1. The summed E-state index contributed by atoms with van der Waals surface area (Å²) in [4.78, 5) is 13.9. The van der Waals surface area contributed by atoms with E-state index in [1.807, 2.05) is 6.07 Å². The molecule has 26 heavy (non-hydrogen) atoms. The molecule has 6 rings (SSSR count). The molecule has 0 unspecified atom stereocenters. The number of nitro benzene ring substituents is 1. The van der Waals surface area contributed by atoms with E-state index in [2.05, 4.69) is 16.3 Å². The van der Waals surface area contributed by atoms with E-state index in [4.69, 9.17) is 5.73 Å². The van der Waals surface area contributed by atoms with Crippen molar-refractivity contribution in [2.24, 2.45) is 29.4 Å². The van der Waals surface area contributed by atoms with Gasteiger partial charge in [0.25, 0.3) is 5.69 Å². The average molecular weight is 356 g/mol. The first-order valence-corrected chi connectivity index (χ1v) is 10.1. The van der Waals surface area contributed by atoms with Crippen LogP contribution in [0.5, 0.6) is 0 Å². The van der Waals surface area contributed by atoms with Gasteiger partial charge in [-0.1, -0.05) is 0 Å². The Morgan fingerprint density at radius 3 is 2.27 bits per heavy atom. The molecule has 0 spiro atoms. The number of benzene rings is 1. The Labute approximate surface area is 154 Å². The van der Waals surface area contributed by atoms with Crippen LogP contribution in [0.1, 0.15) is 37.7 Å². The molecular formula is C20H28N4O2. The summed E-state index contributed by atoms with van der Waals surface area (Å²) >= 11 is 0. The fourth-order valence-corrected chi connectivity index (χ4v) is 6.55. The van der Waals surface area contributed by atoms with Gasteiger partial charge in [-0.2, -0.15) is 0 Å². The van der Waals surface area contributed by atoms with Crippen molar-refractivity contribution in [2.45, 2.75) is 37.6 Å². The zero-order chi connectivity index (χ0) is 17.9. The topological polar surface area (TPSA) is 84.4 Å². The monoisotopic (exact) mass is 356 g/mol. The quantitative estimate of drug-likeness (QED) is 0.642. The maximum absolute atomic E-state index is 11.8. The molecule has 1 aromatic carbocycles. The molecule has 3 N–H and O–H groups in total. The third-order valence-electron chi connectivity index (χ3n) is 7.61. The minimum atomic E-state index is -0.528. The van der Waals surface area contributed by atoms with Crippen molar-refractivity contribution >= 4 is 11.4 Å². The Morgan fingerprint density at radius 1 is 1.08 bits per heavy atom. The first-order chi connectivity index (χ1) is 12.6. The van der Waals surface area contributed by atoms with Crippen molar-refractivity contribution in [2.75, 3.05) is 31.1 Å². The molecule has 0 radical (unpaired) electrons. The van der Waals surface area contributed by atoms with E-state index in [1.165, 1.54) is 6.42 Å². The third-order valence-corrected chi connectivity index (χ3v) is 7.61. The second kappa shape index (κ2) is 5.92. The normalized spacial score (nSPS) is 38.6. The van der Waals surface area contributed by atoms with E-state index < -0.39 is 5.54 Å². The molecule has 1 heterocycles. The van der Waals surface area contributed by atoms with Crippen LogP contribution in [-0.4, -0.2) is 31.1 Å². The summed E-state index contributed by atoms with van der Waals surface area (Å²) in [7, 11) is 0. The van der Waals surface area contributed by atoms with Gasteiger partial charge in [0.05, 0.1) is 16.0 Å². The molecule has 4 bridgehead atoms. The molecule has 5 fully saturated rings. The maximum atomic E-state index is 11.8. The predicted octanol–water partition coefficient (Wildman–Crippen LogP) is 2.61. The van der Waals surface area contributed by atoms with Gasteiger partial charge >= 0.3 is 0 Å². The number of nitrogens with two attached hydrogens (primary N) is 1. The summed E-state index contributed by atoms with van der Waals surface area (Å²) in [6, 6.07) is 5.67. The van der Waals surface area contributed by atoms with Crippen LogP contribution in [0, 0.1) is 33.8 Å². The predicted molar refractivity (Wildman–Crippen MR) is 101 cm³/mol. The van der Waals surface area contributed by atoms with E-state index in [-0.39, 0.29) is 10.6 Å². The van der Waals surface area contributed by atoms with Gasteiger partial charge in [-0.05, 0) is 67.9 Å². The van der Waals surface area contributed by atoms with E-state index in [9.17, 15) is 10.1 Å². The Morgan fingerprint density at radius 2 is 1.69 bits per heavy atom. The third kappa shape index (κ3) is 2.38. The molecule has 4 aliphatic carbocycles. The van der Waals surface area contributed by atoms with Crippen molar-refractivity contribution in [3.63, 3.8) is 0 Å². The first-order valence-electron chi connectivity index (χ1n) is 10.1. The standard InChI is InChI=1S/C20H28N4O2/c21-20(15-8-13-7-14(10-15)11-16(20)9-13)18-12-17(1-2-19(18)24(25)26)23-5-3-22-4-6-23/h1-2,12-16,22H,3-11,21H2. The second-order valence-electron chi connectivity index (χ2n) is 8.93. The highest BCUT2D eigenvalue weighted by molar-refractivity contribution is 5.59. The van der Waals surface area contributed by atoms with Gasteiger partial charge in [-0.3, -0.25) is 10.1 Å². The van der Waals surface area contributed by atoms with Gasteiger partial charge in [0.15, 0.2) is 0 Å². The lowest BCUT2D eigenvalue weighted by molar-refractivity contribution is -0.386. The number of anilines is 1. The Hall–Kier alpha value is -1.66. The SMILES string of the molecule is NC1(c2cc(N3CCNCC3)ccc2[N+](=O)[O-])C2CC3CC(C2)CC1C3. The van der Waals surface area contributed by atoms with Gasteiger partial charge in [0, 0.05) is 37.9 Å². The minimum absolute atomic E-state index is 0.221. The molecular weight excluding hydrogens is 328 g/mol. The highest BCUT2D eigenvalue weighted by atomic mass is 16.6. The Kier molecular flexibility index (Phi) is 3.76. The molecule has 6 nitrogen and oxygen atoms in total. The van der Waals surface area contributed by atoms with Crippen molar-refractivity contribution in [1.82, 2.24) is 5.32 Å². The van der Waals surface area contributed by atoms with Crippen molar-refractivity contribution in [3.8, 4) is 0 Å². The zero-order valence-electron chi connectivity index (χ0n) is 15.2. The van der Waals surface area contributed by atoms with Gasteiger partial charge < -0.3 is 16.0 Å². The molecule has 5 aliphatic rings. The van der Waals surface area contributed by atoms with Crippen LogP contribution in [0.15, 0.2) is 18.2 Å². The Bertz CT molecular complexity index is 701. The van der Waals surface area contributed by atoms with E-state index in [1.54, 1.807) is 6.07 Å². The van der Waals surface area contributed by atoms with Crippen molar-refractivity contribution < 1.29 is 4.92 Å². The van der Waals surface area contributed by atoms with Gasteiger partial charge in [-0.15, -0.1) is 0 Å². The van der Waals surface area contributed by atoms with Gasteiger partial charge in [0.2, 0.25) is 0 Å². The summed E-state index contributed by atoms with van der Waals surface area (Å²) < 4.78 is 0. The second-order valence-corrected chi connectivity index (χ2v) is 8.93. The number of hydrogen-bond donors (Lipinski definition) is 2. The smallest absolute Gasteiger partial charge is 0.274 e. The molecule has 1 aromatic rings. The molecule has 0 amide bonds. The van der Waals surface area contributed by atoms with Crippen LogP contribution in [-0.2, 0) is 5.54 Å². The van der Waals surface area contributed by atoms with Crippen molar-refractivity contribution in [3.05, 3.63) is 33.9 Å². The summed E-state index contributed by atoms with van der Waals surface area (Å²) in [5.41, 5.74) is 8.69. The molecule has 6 heteroatoms.